The van der Waals surface area contributed by atoms with Crippen molar-refractivity contribution < 1.29 is 22.3 Å². The van der Waals surface area contributed by atoms with Gasteiger partial charge in [-0.15, -0.1) is 0 Å². The van der Waals surface area contributed by atoms with Crippen LogP contribution in [0, 0.1) is 0 Å². The molecule has 6 nitrogen and oxygen atoms in total. The third kappa shape index (κ3) is 3.88. The van der Waals surface area contributed by atoms with Crippen molar-refractivity contribution in [3.63, 3.8) is 0 Å². The Kier molecular flexibility index (Phi) is 5.59. The molecule has 0 amide bonds. The SMILES string of the molecule is COCCN(Cc1ccoc1)S(=O)(=O)c1cccc(OC)c1. The first kappa shape index (κ1) is 16.5. The first-order valence-electron chi connectivity index (χ1n) is 6.72. The molecule has 22 heavy (non-hydrogen) atoms. The van der Waals surface area contributed by atoms with Crippen LogP contribution in [-0.4, -0.2) is 40.1 Å². The van der Waals surface area contributed by atoms with E-state index in [0.717, 1.165) is 5.56 Å². The van der Waals surface area contributed by atoms with Crippen molar-refractivity contribution in [2.45, 2.75) is 11.4 Å². The van der Waals surface area contributed by atoms with E-state index in [0.29, 0.717) is 12.4 Å². The van der Waals surface area contributed by atoms with Crippen molar-refractivity contribution in [2.24, 2.45) is 0 Å². The second kappa shape index (κ2) is 7.44. The number of sulfonamides is 1. The topological polar surface area (TPSA) is 69.0 Å². The van der Waals surface area contributed by atoms with Crippen molar-refractivity contribution in [2.75, 3.05) is 27.4 Å². The molecule has 0 unspecified atom stereocenters. The van der Waals surface area contributed by atoms with Crippen LogP contribution in [0.3, 0.4) is 0 Å². The standard InChI is InChI=1S/C15H19NO5S/c1-19-9-7-16(11-13-6-8-21-12-13)22(17,18)15-5-3-4-14(10-15)20-2/h3-6,8,10,12H,7,9,11H2,1-2H3. The van der Waals surface area contributed by atoms with Gasteiger partial charge in [-0.25, -0.2) is 8.42 Å². The number of hydrogen-bond donors (Lipinski definition) is 0. The van der Waals surface area contributed by atoms with Gasteiger partial charge in [-0.1, -0.05) is 6.07 Å². The Morgan fingerprint density at radius 3 is 2.68 bits per heavy atom. The van der Waals surface area contributed by atoms with Gasteiger partial charge in [-0.05, 0) is 18.2 Å². The molecule has 1 aromatic carbocycles. The second-order valence-corrected chi connectivity index (χ2v) is 6.58. The second-order valence-electron chi connectivity index (χ2n) is 4.64. The zero-order valence-corrected chi connectivity index (χ0v) is 13.4. The number of hydrogen-bond acceptors (Lipinski definition) is 5. The molecular formula is C15H19NO5S. The van der Waals surface area contributed by atoms with E-state index in [1.54, 1.807) is 24.3 Å². The minimum Gasteiger partial charge on any atom is -0.497 e. The van der Waals surface area contributed by atoms with Crippen LogP contribution in [-0.2, 0) is 21.3 Å². The minimum absolute atomic E-state index is 0.187. The number of furan rings is 1. The highest BCUT2D eigenvalue weighted by Gasteiger charge is 2.25. The quantitative estimate of drug-likeness (QED) is 0.743. The first-order chi connectivity index (χ1) is 10.6. The Morgan fingerprint density at radius 2 is 2.05 bits per heavy atom. The smallest absolute Gasteiger partial charge is 0.243 e. The van der Waals surface area contributed by atoms with Crippen LogP contribution < -0.4 is 4.74 Å². The predicted octanol–water partition coefficient (Wildman–Crippen LogP) is 2.13. The molecule has 0 saturated carbocycles. The number of ether oxygens (including phenoxy) is 2. The van der Waals surface area contributed by atoms with Crippen molar-refractivity contribution in [3.05, 3.63) is 48.4 Å². The van der Waals surface area contributed by atoms with Crippen LogP contribution in [0.4, 0.5) is 0 Å². The molecule has 120 valence electrons. The van der Waals surface area contributed by atoms with E-state index in [9.17, 15) is 8.42 Å². The van der Waals surface area contributed by atoms with Gasteiger partial charge in [-0.3, -0.25) is 0 Å². The van der Waals surface area contributed by atoms with Gasteiger partial charge in [0.15, 0.2) is 0 Å². The molecule has 0 radical (unpaired) electrons. The summed E-state index contributed by atoms with van der Waals surface area (Å²) in [4.78, 5) is 0.187. The molecule has 7 heteroatoms. The van der Waals surface area contributed by atoms with Crippen molar-refractivity contribution in [1.29, 1.82) is 0 Å². The van der Waals surface area contributed by atoms with Gasteiger partial charge in [0.2, 0.25) is 10.0 Å². The monoisotopic (exact) mass is 325 g/mol. The van der Waals surface area contributed by atoms with Crippen LogP contribution in [0.5, 0.6) is 5.75 Å². The summed E-state index contributed by atoms with van der Waals surface area (Å²) in [6.07, 6.45) is 3.04. The van der Waals surface area contributed by atoms with Gasteiger partial charge in [0.25, 0.3) is 0 Å². The molecule has 0 saturated heterocycles. The van der Waals surface area contributed by atoms with Gasteiger partial charge < -0.3 is 13.9 Å². The number of nitrogens with zero attached hydrogens (tertiary/aromatic N) is 1. The zero-order chi connectivity index (χ0) is 16.0. The Morgan fingerprint density at radius 1 is 1.23 bits per heavy atom. The molecule has 2 rings (SSSR count). The van der Waals surface area contributed by atoms with E-state index in [1.165, 1.54) is 37.1 Å². The summed E-state index contributed by atoms with van der Waals surface area (Å²) >= 11 is 0. The molecular weight excluding hydrogens is 306 g/mol. The van der Waals surface area contributed by atoms with E-state index in [4.69, 9.17) is 13.9 Å². The maximum Gasteiger partial charge on any atom is 0.243 e. The van der Waals surface area contributed by atoms with E-state index >= 15 is 0 Å². The lowest BCUT2D eigenvalue weighted by atomic mass is 10.3. The van der Waals surface area contributed by atoms with Gasteiger partial charge in [0.1, 0.15) is 5.75 Å². The molecule has 0 aliphatic heterocycles. The fourth-order valence-corrected chi connectivity index (χ4v) is 3.42. The van der Waals surface area contributed by atoms with Crippen LogP contribution in [0.2, 0.25) is 0 Å². The van der Waals surface area contributed by atoms with Crippen LogP contribution in [0.25, 0.3) is 0 Å². The normalized spacial score (nSPS) is 11.8. The van der Waals surface area contributed by atoms with E-state index < -0.39 is 10.0 Å². The lowest BCUT2D eigenvalue weighted by molar-refractivity contribution is 0.177. The predicted molar refractivity (Wildman–Crippen MR) is 81.2 cm³/mol. The summed E-state index contributed by atoms with van der Waals surface area (Å²) in [5.41, 5.74) is 0.780. The first-order valence-corrected chi connectivity index (χ1v) is 8.16. The summed E-state index contributed by atoms with van der Waals surface area (Å²) in [7, 11) is -0.615. The van der Waals surface area contributed by atoms with Crippen LogP contribution in [0.15, 0.2) is 52.2 Å². The molecule has 2 aromatic rings. The molecule has 0 spiro atoms. The van der Waals surface area contributed by atoms with E-state index in [-0.39, 0.29) is 18.0 Å². The Bertz CT molecular complexity index is 682. The average Bonchev–Trinajstić information content (AvgIpc) is 3.04. The summed E-state index contributed by atoms with van der Waals surface area (Å²) in [6.45, 7) is 0.779. The minimum atomic E-state index is -3.65. The lowest BCUT2D eigenvalue weighted by Gasteiger charge is -2.21. The highest BCUT2D eigenvalue weighted by Crippen LogP contribution is 2.22. The lowest BCUT2D eigenvalue weighted by Crippen LogP contribution is -2.33. The van der Waals surface area contributed by atoms with Gasteiger partial charge in [0, 0.05) is 31.8 Å². The third-order valence-corrected chi connectivity index (χ3v) is 5.00. The number of benzene rings is 1. The average molecular weight is 325 g/mol. The maximum absolute atomic E-state index is 12.8. The Labute approximate surface area is 130 Å². The molecule has 1 heterocycles. The highest BCUT2D eigenvalue weighted by atomic mass is 32.2. The zero-order valence-electron chi connectivity index (χ0n) is 12.6. The van der Waals surface area contributed by atoms with E-state index in [1.807, 2.05) is 0 Å². The van der Waals surface area contributed by atoms with Gasteiger partial charge >= 0.3 is 0 Å². The molecule has 1 aromatic heterocycles. The summed E-state index contributed by atoms with van der Waals surface area (Å²) in [5.74, 6) is 0.496. The number of methoxy groups -OCH3 is 2. The third-order valence-electron chi connectivity index (χ3n) is 3.16. The molecule has 0 aliphatic rings. The molecule has 0 aliphatic carbocycles. The van der Waals surface area contributed by atoms with Crippen molar-refractivity contribution in [3.8, 4) is 5.75 Å². The van der Waals surface area contributed by atoms with E-state index in [2.05, 4.69) is 0 Å². The maximum atomic E-state index is 12.8. The van der Waals surface area contributed by atoms with Gasteiger partial charge in [-0.2, -0.15) is 4.31 Å². The molecule has 0 bridgehead atoms. The van der Waals surface area contributed by atoms with Crippen LogP contribution >= 0.6 is 0 Å². The highest BCUT2D eigenvalue weighted by molar-refractivity contribution is 7.89. The summed E-state index contributed by atoms with van der Waals surface area (Å²) in [5, 5.41) is 0. The Hall–Kier alpha value is -1.83. The molecule has 0 atom stereocenters. The fourth-order valence-electron chi connectivity index (χ4n) is 1.97. The van der Waals surface area contributed by atoms with Gasteiger partial charge in [0.05, 0.1) is 31.1 Å². The summed E-state index contributed by atoms with van der Waals surface area (Å²) in [6, 6.07) is 8.14. The van der Waals surface area contributed by atoms with Crippen molar-refractivity contribution in [1.82, 2.24) is 4.31 Å². The van der Waals surface area contributed by atoms with Crippen molar-refractivity contribution >= 4 is 10.0 Å². The Balaban J connectivity index is 2.30. The largest absolute Gasteiger partial charge is 0.497 e. The van der Waals surface area contributed by atoms with Crippen LogP contribution in [0.1, 0.15) is 5.56 Å². The fraction of sp³-hybridized carbons (Fsp3) is 0.333. The number of rotatable bonds is 8. The molecule has 0 fully saturated rings. The summed E-state index contributed by atoms with van der Waals surface area (Å²) < 4.78 is 42.1. The molecule has 0 N–H and O–H groups in total.